The average molecular weight is 366 g/mol. The molecule has 1 unspecified atom stereocenters. The Morgan fingerprint density at radius 1 is 1.11 bits per heavy atom. The summed E-state index contributed by atoms with van der Waals surface area (Å²) in [5.41, 5.74) is 1.77. The zero-order valence-corrected chi connectivity index (χ0v) is 16.3. The van der Waals surface area contributed by atoms with Crippen LogP contribution >= 0.6 is 0 Å². The molecule has 3 heterocycles. The molecule has 3 aromatic rings. The van der Waals surface area contributed by atoms with Gasteiger partial charge in [-0.2, -0.15) is 5.10 Å². The number of methoxy groups -OCH3 is 1. The summed E-state index contributed by atoms with van der Waals surface area (Å²) in [4.78, 5) is 7.44. The van der Waals surface area contributed by atoms with Gasteiger partial charge in [-0.15, -0.1) is 5.10 Å². The number of ether oxygens (including phenoxy) is 1. The summed E-state index contributed by atoms with van der Waals surface area (Å²) >= 11 is 0. The summed E-state index contributed by atoms with van der Waals surface area (Å²) < 4.78 is 9.04. The molecule has 0 N–H and O–H groups in total. The maximum Gasteiger partial charge on any atom is 0.202 e. The molecule has 142 valence electrons. The Morgan fingerprint density at radius 3 is 2.52 bits per heavy atom. The minimum absolute atomic E-state index is 0.261. The van der Waals surface area contributed by atoms with Crippen LogP contribution in [0.3, 0.4) is 0 Å². The van der Waals surface area contributed by atoms with Gasteiger partial charge in [0.15, 0.2) is 0 Å². The van der Waals surface area contributed by atoms with E-state index in [0.717, 1.165) is 35.9 Å². The lowest BCUT2D eigenvalue weighted by Gasteiger charge is -2.27. The Labute approximate surface area is 159 Å². The molecule has 0 spiro atoms. The summed E-state index contributed by atoms with van der Waals surface area (Å²) in [6, 6.07) is 10.6. The number of nitrogens with zero attached hydrogens (tertiary/aromatic N) is 6. The van der Waals surface area contributed by atoms with E-state index in [2.05, 4.69) is 23.8 Å². The van der Waals surface area contributed by atoms with Crippen LogP contribution < -0.4 is 4.74 Å². The van der Waals surface area contributed by atoms with Crippen molar-refractivity contribution >= 4 is 0 Å². The highest BCUT2D eigenvalue weighted by Crippen LogP contribution is 2.34. The van der Waals surface area contributed by atoms with E-state index in [1.165, 1.54) is 6.42 Å². The molecular formula is C20H26N6O. The van der Waals surface area contributed by atoms with Crippen LogP contribution in [0, 0.1) is 0 Å². The molecule has 0 saturated carbocycles. The monoisotopic (exact) mass is 366 g/mol. The highest BCUT2D eigenvalue weighted by molar-refractivity contribution is 5.49. The van der Waals surface area contributed by atoms with Crippen LogP contribution in [0.2, 0.25) is 0 Å². The van der Waals surface area contributed by atoms with Gasteiger partial charge in [0, 0.05) is 19.3 Å². The smallest absolute Gasteiger partial charge is 0.202 e. The quantitative estimate of drug-likeness (QED) is 0.694. The number of hydrogen-bond acceptors (Lipinski definition) is 5. The molecule has 1 aliphatic heterocycles. The Kier molecular flexibility index (Phi) is 4.70. The Hall–Kier alpha value is -2.67. The van der Waals surface area contributed by atoms with Crippen LogP contribution in [-0.4, -0.2) is 49.1 Å². The van der Waals surface area contributed by atoms with Gasteiger partial charge < -0.3 is 4.74 Å². The van der Waals surface area contributed by atoms with Crippen molar-refractivity contribution in [3.05, 3.63) is 42.4 Å². The molecule has 27 heavy (non-hydrogen) atoms. The van der Waals surface area contributed by atoms with E-state index >= 15 is 0 Å². The first-order chi connectivity index (χ1) is 13.1. The van der Waals surface area contributed by atoms with Gasteiger partial charge in [0.05, 0.1) is 18.8 Å². The third-order valence-corrected chi connectivity index (χ3v) is 5.15. The largest absolute Gasteiger partial charge is 0.497 e. The second-order valence-corrected chi connectivity index (χ2v) is 7.27. The predicted octanol–water partition coefficient (Wildman–Crippen LogP) is 3.22. The molecule has 0 aliphatic carbocycles. The third kappa shape index (κ3) is 3.35. The molecule has 0 radical (unpaired) electrons. The van der Waals surface area contributed by atoms with Gasteiger partial charge >= 0.3 is 0 Å². The van der Waals surface area contributed by atoms with Crippen LogP contribution in [0.15, 0.2) is 36.5 Å². The van der Waals surface area contributed by atoms with Gasteiger partial charge in [-0.1, -0.05) is 0 Å². The molecular weight excluding hydrogens is 340 g/mol. The van der Waals surface area contributed by atoms with Crippen LogP contribution in [0.5, 0.6) is 5.75 Å². The van der Waals surface area contributed by atoms with Gasteiger partial charge in [-0.25, -0.2) is 9.67 Å². The predicted molar refractivity (Wildman–Crippen MR) is 104 cm³/mol. The van der Waals surface area contributed by atoms with Crippen molar-refractivity contribution in [2.45, 2.75) is 38.8 Å². The molecule has 1 atom stereocenters. The molecule has 2 aromatic heterocycles. The standard InChI is InChI=1S/C20H26N6O/c1-14(2)25-12-5-6-18(25)20-21-19(17-11-13-24(3)22-17)23-26(20)15-7-9-16(27-4)10-8-15/h7-11,13-14,18H,5-6,12H2,1-4H3. The van der Waals surface area contributed by atoms with Crippen LogP contribution in [0.4, 0.5) is 0 Å². The fourth-order valence-electron chi connectivity index (χ4n) is 3.78. The Bertz CT molecular complexity index is 911. The van der Waals surface area contributed by atoms with Gasteiger partial charge in [0.2, 0.25) is 5.82 Å². The lowest BCUT2D eigenvalue weighted by molar-refractivity contribution is 0.196. The van der Waals surface area contributed by atoms with Crippen molar-refractivity contribution in [3.63, 3.8) is 0 Å². The first-order valence-electron chi connectivity index (χ1n) is 9.44. The van der Waals surface area contributed by atoms with Gasteiger partial charge in [0.25, 0.3) is 0 Å². The summed E-state index contributed by atoms with van der Waals surface area (Å²) in [5.74, 6) is 2.47. The lowest BCUT2D eigenvalue weighted by Crippen LogP contribution is -2.31. The van der Waals surface area contributed by atoms with E-state index in [1.807, 2.05) is 48.3 Å². The fourth-order valence-corrected chi connectivity index (χ4v) is 3.78. The number of likely N-dealkylation sites (tertiary alicyclic amines) is 1. The maximum atomic E-state index is 5.29. The lowest BCUT2D eigenvalue weighted by atomic mass is 10.2. The molecule has 0 amide bonds. The highest BCUT2D eigenvalue weighted by Gasteiger charge is 2.33. The summed E-state index contributed by atoms with van der Waals surface area (Å²) in [7, 11) is 3.58. The van der Waals surface area contributed by atoms with E-state index in [-0.39, 0.29) is 6.04 Å². The average Bonchev–Trinajstić information content (AvgIpc) is 3.40. The SMILES string of the molecule is COc1ccc(-n2nc(-c3ccn(C)n3)nc2C2CCCN2C(C)C)cc1. The maximum absolute atomic E-state index is 5.29. The van der Waals surface area contributed by atoms with Crippen molar-refractivity contribution in [3.8, 4) is 23.0 Å². The number of aromatic nitrogens is 5. The molecule has 1 saturated heterocycles. The van der Waals surface area contributed by atoms with E-state index in [4.69, 9.17) is 14.8 Å². The first kappa shape index (κ1) is 17.7. The molecule has 7 heteroatoms. The second-order valence-electron chi connectivity index (χ2n) is 7.27. The molecule has 1 aliphatic rings. The van der Waals surface area contributed by atoms with Crippen molar-refractivity contribution in [2.75, 3.05) is 13.7 Å². The minimum Gasteiger partial charge on any atom is -0.497 e. The van der Waals surface area contributed by atoms with E-state index < -0.39 is 0 Å². The van der Waals surface area contributed by atoms with Gasteiger partial charge in [0.1, 0.15) is 17.3 Å². The topological polar surface area (TPSA) is 61.0 Å². The summed E-state index contributed by atoms with van der Waals surface area (Å²) in [6.45, 7) is 5.58. The summed E-state index contributed by atoms with van der Waals surface area (Å²) in [5, 5.41) is 9.30. The normalized spacial score (nSPS) is 17.7. The van der Waals surface area contributed by atoms with E-state index in [0.29, 0.717) is 11.9 Å². The molecule has 4 rings (SSSR count). The number of benzene rings is 1. The Balaban J connectivity index is 1.80. The van der Waals surface area contributed by atoms with Gasteiger partial charge in [-0.05, 0) is 63.6 Å². The van der Waals surface area contributed by atoms with Crippen LogP contribution in [0.1, 0.15) is 38.6 Å². The molecule has 1 fully saturated rings. The van der Waals surface area contributed by atoms with Crippen molar-refractivity contribution in [1.29, 1.82) is 0 Å². The molecule has 7 nitrogen and oxygen atoms in total. The zero-order valence-electron chi connectivity index (χ0n) is 16.3. The van der Waals surface area contributed by atoms with Crippen molar-refractivity contribution in [2.24, 2.45) is 7.05 Å². The van der Waals surface area contributed by atoms with E-state index in [9.17, 15) is 0 Å². The summed E-state index contributed by atoms with van der Waals surface area (Å²) in [6.07, 6.45) is 4.19. The fraction of sp³-hybridized carbons (Fsp3) is 0.450. The van der Waals surface area contributed by atoms with Gasteiger partial charge in [-0.3, -0.25) is 9.58 Å². The molecule has 1 aromatic carbocycles. The number of hydrogen-bond donors (Lipinski definition) is 0. The minimum atomic E-state index is 0.261. The zero-order chi connectivity index (χ0) is 19.0. The number of aryl methyl sites for hydroxylation is 1. The van der Waals surface area contributed by atoms with Crippen LogP contribution in [-0.2, 0) is 7.05 Å². The van der Waals surface area contributed by atoms with Crippen molar-refractivity contribution < 1.29 is 4.74 Å². The van der Waals surface area contributed by atoms with Crippen LogP contribution in [0.25, 0.3) is 17.2 Å². The third-order valence-electron chi connectivity index (χ3n) is 5.15. The molecule has 0 bridgehead atoms. The Morgan fingerprint density at radius 2 is 1.89 bits per heavy atom. The van der Waals surface area contributed by atoms with Crippen molar-refractivity contribution in [1.82, 2.24) is 29.4 Å². The van der Waals surface area contributed by atoms with E-state index in [1.54, 1.807) is 11.8 Å². The highest BCUT2D eigenvalue weighted by atomic mass is 16.5. The first-order valence-corrected chi connectivity index (χ1v) is 9.44. The number of rotatable bonds is 5. The second kappa shape index (κ2) is 7.15.